The van der Waals surface area contributed by atoms with Gasteiger partial charge in [0, 0.05) is 18.4 Å². The fourth-order valence-electron chi connectivity index (χ4n) is 5.17. The minimum atomic E-state index is -0.971. The van der Waals surface area contributed by atoms with Crippen LogP contribution in [0.15, 0.2) is 60.7 Å². The maximum absolute atomic E-state index is 13.9. The van der Waals surface area contributed by atoms with E-state index in [0.29, 0.717) is 13.0 Å². The Hall–Kier alpha value is -4.41. The summed E-state index contributed by atoms with van der Waals surface area (Å²) in [7, 11) is 0. The second-order valence-electron chi connectivity index (χ2n) is 10.3. The van der Waals surface area contributed by atoms with Gasteiger partial charge >= 0.3 is 12.1 Å². The predicted octanol–water partition coefficient (Wildman–Crippen LogP) is 1.70. The molecule has 0 unspecified atom stereocenters. The molecule has 1 aliphatic carbocycles. The van der Waals surface area contributed by atoms with Gasteiger partial charge in [0.1, 0.15) is 31.8 Å². The van der Waals surface area contributed by atoms with E-state index < -0.39 is 41.9 Å². The molecule has 2 aliphatic rings. The molecule has 0 bridgehead atoms. The summed E-state index contributed by atoms with van der Waals surface area (Å²) in [5.74, 6) is -1.92. The lowest BCUT2D eigenvalue weighted by Crippen LogP contribution is -2.57. The first kappa shape index (κ1) is 29.6. The van der Waals surface area contributed by atoms with E-state index >= 15 is 0 Å². The summed E-state index contributed by atoms with van der Waals surface area (Å²) < 4.78 is 10.1. The summed E-state index contributed by atoms with van der Waals surface area (Å²) in [6, 6.07) is 16.6. The molecule has 1 spiro atoms. The van der Waals surface area contributed by atoms with Crippen molar-refractivity contribution in [3.63, 3.8) is 0 Å². The fraction of sp³-hybridized carbons (Fsp3) is 0.433. The normalized spacial score (nSPS) is 17.3. The van der Waals surface area contributed by atoms with E-state index in [2.05, 4.69) is 16.0 Å². The van der Waals surface area contributed by atoms with Crippen LogP contribution in [0.25, 0.3) is 0 Å². The van der Waals surface area contributed by atoms with Crippen LogP contribution in [0.4, 0.5) is 4.79 Å². The van der Waals surface area contributed by atoms with Gasteiger partial charge in [-0.2, -0.15) is 0 Å². The first-order valence-corrected chi connectivity index (χ1v) is 13.8. The number of amides is 4. The Morgan fingerprint density at radius 3 is 2.17 bits per heavy atom. The summed E-state index contributed by atoms with van der Waals surface area (Å²) in [4.78, 5) is 65.4. The van der Waals surface area contributed by atoms with E-state index in [1.807, 2.05) is 60.7 Å². The number of benzene rings is 2. The van der Waals surface area contributed by atoms with Crippen molar-refractivity contribution in [1.82, 2.24) is 20.9 Å². The first-order chi connectivity index (χ1) is 19.8. The molecular formula is C30H36N4O7. The minimum Gasteiger partial charge on any atom is -0.465 e. The second-order valence-corrected chi connectivity index (χ2v) is 10.3. The zero-order chi connectivity index (χ0) is 29.2. The van der Waals surface area contributed by atoms with E-state index in [-0.39, 0.29) is 38.1 Å². The van der Waals surface area contributed by atoms with Crippen molar-refractivity contribution in [3.8, 4) is 0 Å². The predicted molar refractivity (Wildman–Crippen MR) is 148 cm³/mol. The highest BCUT2D eigenvalue weighted by molar-refractivity contribution is 5.95. The molecule has 2 fully saturated rings. The van der Waals surface area contributed by atoms with Crippen molar-refractivity contribution in [2.75, 3.05) is 26.2 Å². The molecule has 2 aromatic rings. The number of rotatable bonds is 12. The Morgan fingerprint density at radius 1 is 0.878 bits per heavy atom. The summed E-state index contributed by atoms with van der Waals surface area (Å²) >= 11 is 0. The van der Waals surface area contributed by atoms with E-state index in [4.69, 9.17) is 9.47 Å². The van der Waals surface area contributed by atoms with Gasteiger partial charge in [-0.05, 0) is 37.3 Å². The van der Waals surface area contributed by atoms with Crippen LogP contribution in [-0.2, 0) is 41.7 Å². The van der Waals surface area contributed by atoms with Gasteiger partial charge in [-0.25, -0.2) is 4.79 Å². The lowest BCUT2D eigenvalue weighted by Gasteiger charge is -2.31. The van der Waals surface area contributed by atoms with Crippen LogP contribution < -0.4 is 16.0 Å². The van der Waals surface area contributed by atoms with Crippen LogP contribution in [0.3, 0.4) is 0 Å². The standard InChI is InChI=1S/C30H36N4O7/c1-2-40-25(36)19-31-27(37)26-30(13-14-30)15-16-34(26)28(38)23(17-21-9-5-3-6-10-21)33-24(35)18-32-29(39)41-20-22-11-7-4-8-12-22/h3-12,23,26H,2,13-20H2,1H3,(H,31,37)(H,32,39)(H,33,35)/t23-,26+/m0/s1. The first-order valence-electron chi connectivity index (χ1n) is 13.8. The summed E-state index contributed by atoms with van der Waals surface area (Å²) in [5, 5.41) is 7.77. The number of carbonyl (C=O) groups is 5. The topological polar surface area (TPSA) is 143 Å². The molecule has 3 N–H and O–H groups in total. The van der Waals surface area contributed by atoms with Crippen molar-refractivity contribution in [3.05, 3.63) is 71.8 Å². The molecule has 218 valence electrons. The summed E-state index contributed by atoms with van der Waals surface area (Å²) in [6.07, 6.45) is 1.71. The van der Waals surface area contributed by atoms with Crippen molar-refractivity contribution in [1.29, 1.82) is 0 Å². The minimum absolute atomic E-state index is 0.0553. The van der Waals surface area contributed by atoms with Crippen LogP contribution in [0.1, 0.15) is 37.3 Å². The molecule has 1 aliphatic heterocycles. The maximum atomic E-state index is 13.9. The van der Waals surface area contributed by atoms with Crippen LogP contribution in [0.2, 0.25) is 0 Å². The van der Waals surface area contributed by atoms with E-state index in [1.165, 1.54) is 4.90 Å². The van der Waals surface area contributed by atoms with Gasteiger partial charge in [0.2, 0.25) is 17.7 Å². The fourth-order valence-corrected chi connectivity index (χ4v) is 5.17. The Bertz CT molecular complexity index is 1230. The molecule has 1 saturated heterocycles. The smallest absolute Gasteiger partial charge is 0.407 e. The quantitative estimate of drug-likeness (QED) is 0.333. The highest BCUT2D eigenvalue weighted by Gasteiger charge is 2.60. The number of hydrogen-bond acceptors (Lipinski definition) is 7. The molecule has 11 heteroatoms. The van der Waals surface area contributed by atoms with Crippen molar-refractivity contribution in [2.24, 2.45) is 5.41 Å². The highest BCUT2D eigenvalue weighted by Crippen LogP contribution is 2.57. The molecule has 0 aromatic heterocycles. The molecule has 4 rings (SSSR count). The number of likely N-dealkylation sites (tertiary alicyclic amines) is 1. The molecule has 41 heavy (non-hydrogen) atoms. The molecule has 0 radical (unpaired) electrons. The number of nitrogens with zero attached hydrogens (tertiary/aromatic N) is 1. The monoisotopic (exact) mass is 564 g/mol. The van der Waals surface area contributed by atoms with Gasteiger partial charge in [0.05, 0.1) is 6.61 Å². The number of nitrogens with one attached hydrogen (secondary N) is 3. The molecule has 2 atom stereocenters. The highest BCUT2D eigenvalue weighted by atomic mass is 16.5. The van der Waals surface area contributed by atoms with Gasteiger partial charge in [0.15, 0.2) is 0 Å². The van der Waals surface area contributed by atoms with Crippen LogP contribution in [0, 0.1) is 5.41 Å². The largest absolute Gasteiger partial charge is 0.465 e. The Balaban J connectivity index is 1.40. The summed E-state index contributed by atoms with van der Waals surface area (Å²) in [5.41, 5.74) is 1.31. The second kappa shape index (κ2) is 13.8. The van der Waals surface area contributed by atoms with Gasteiger partial charge < -0.3 is 30.3 Å². The molecule has 4 amide bonds. The molecule has 11 nitrogen and oxygen atoms in total. The number of carbonyl (C=O) groups excluding carboxylic acids is 5. The van der Waals surface area contributed by atoms with Gasteiger partial charge in [-0.15, -0.1) is 0 Å². The molecule has 2 aromatic carbocycles. The van der Waals surface area contributed by atoms with Crippen molar-refractivity contribution < 1.29 is 33.4 Å². The van der Waals surface area contributed by atoms with Gasteiger partial charge in [-0.3, -0.25) is 19.2 Å². The van der Waals surface area contributed by atoms with Crippen molar-refractivity contribution in [2.45, 2.75) is 51.3 Å². The van der Waals surface area contributed by atoms with Gasteiger partial charge in [-0.1, -0.05) is 60.7 Å². The van der Waals surface area contributed by atoms with Crippen LogP contribution in [-0.4, -0.2) is 73.0 Å². The number of ether oxygens (including phenoxy) is 2. The average molecular weight is 565 g/mol. The third-order valence-electron chi connectivity index (χ3n) is 7.40. The third-order valence-corrected chi connectivity index (χ3v) is 7.40. The van der Waals surface area contributed by atoms with Crippen LogP contribution >= 0.6 is 0 Å². The zero-order valence-electron chi connectivity index (χ0n) is 23.1. The number of alkyl carbamates (subject to hydrolysis) is 1. The Kier molecular flexibility index (Phi) is 9.94. The lowest BCUT2D eigenvalue weighted by atomic mass is 9.95. The Morgan fingerprint density at radius 2 is 1.54 bits per heavy atom. The van der Waals surface area contributed by atoms with Gasteiger partial charge in [0.25, 0.3) is 0 Å². The lowest BCUT2D eigenvalue weighted by molar-refractivity contribution is -0.145. The average Bonchev–Trinajstić information content (AvgIpc) is 3.66. The van der Waals surface area contributed by atoms with E-state index in [9.17, 15) is 24.0 Å². The van der Waals surface area contributed by atoms with Crippen molar-refractivity contribution >= 4 is 29.8 Å². The third kappa shape index (κ3) is 8.06. The number of esters is 1. The van der Waals surface area contributed by atoms with E-state index in [0.717, 1.165) is 24.0 Å². The van der Waals surface area contributed by atoms with Crippen LogP contribution in [0.5, 0.6) is 0 Å². The molecular weight excluding hydrogens is 528 g/mol. The van der Waals surface area contributed by atoms with E-state index in [1.54, 1.807) is 6.92 Å². The Labute approximate surface area is 238 Å². The maximum Gasteiger partial charge on any atom is 0.407 e. The summed E-state index contributed by atoms with van der Waals surface area (Å²) in [6.45, 7) is 1.63. The zero-order valence-corrected chi connectivity index (χ0v) is 23.1. The SMILES string of the molecule is CCOC(=O)CNC(=O)[C@H]1N(C(=O)[C@H](Cc2ccccc2)NC(=O)CNC(=O)OCc2ccccc2)CCC12CC2. The number of hydrogen-bond donors (Lipinski definition) is 3. The molecule has 1 heterocycles. The molecule has 1 saturated carbocycles.